The van der Waals surface area contributed by atoms with Crippen molar-refractivity contribution >= 4 is 11.9 Å². The zero-order valence-electron chi connectivity index (χ0n) is 55.7. The van der Waals surface area contributed by atoms with Crippen molar-refractivity contribution in [3.8, 4) is 0 Å². The third kappa shape index (κ3) is 71.7. The van der Waals surface area contributed by atoms with E-state index < -0.39 is 6.10 Å². The molecule has 0 saturated carbocycles. The summed E-state index contributed by atoms with van der Waals surface area (Å²) >= 11 is 0. The van der Waals surface area contributed by atoms with Gasteiger partial charge in [0, 0.05) is 12.8 Å². The van der Waals surface area contributed by atoms with Gasteiger partial charge in [-0.3, -0.25) is 9.59 Å². The molecule has 0 aromatic heterocycles. The minimum Gasteiger partial charge on any atom is -0.462 e. The molecule has 0 aliphatic rings. The second-order valence-electron chi connectivity index (χ2n) is 25.0. The van der Waals surface area contributed by atoms with E-state index in [0.717, 1.165) is 70.6 Å². The molecule has 0 amide bonds. The van der Waals surface area contributed by atoms with E-state index in [2.05, 4.69) is 86.8 Å². The van der Waals surface area contributed by atoms with Gasteiger partial charge in [-0.25, -0.2) is 0 Å². The molecule has 0 spiro atoms. The molecular weight excluding hydrogens is 1020 g/mol. The molecule has 1 unspecified atom stereocenters. The Kier molecular flexibility index (Phi) is 71.2. The van der Waals surface area contributed by atoms with Crippen LogP contribution in [0.25, 0.3) is 0 Å². The third-order valence-electron chi connectivity index (χ3n) is 16.8. The fourth-order valence-corrected chi connectivity index (χ4v) is 11.3. The number of ether oxygens (including phenoxy) is 2. The minimum absolute atomic E-state index is 0.0619. The Morgan fingerprint density at radius 2 is 0.518 bits per heavy atom. The largest absolute Gasteiger partial charge is 0.462 e. The van der Waals surface area contributed by atoms with Crippen LogP contribution in [0.2, 0.25) is 0 Å². The first kappa shape index (κ1) is 80.3. The van der Waals surface area contributed by atoms with Crippen molar-refractivity contribution < 1.29 is 24.2 Å². The lowest BCUT2D eigenvalue weighted by Gasteiger charge is -2.15. The van der Waals surface area contributed by atoms with Gasteiger partial charge in [0.15, 0.2) is 6.10 Å². The Labute approximate surface area is 518 Å². The topological polar surface area (TPSA) is 72.8 Å². The molecule has 83 heavy (non-hydrogen) atoms. The summed E-state index contributed by atoms with van der Waals surface area (Å²) in [5.41, 5.74) is 0. The Morgan fingerprint density at radius 3 is 0.783 bits per heavy atom. The average Bonchev–Trinajstić information content (AvgIpc) is 3.49. The van der Waals surface area contributed by atoms with E-state index in [0.29, 0.717) is 12.8 Å². The maximum atomic E-state index is 12.4. The van der Waals surface area contributed by atoms with Crippen LogP contribution >= 0.6 is 0 Å². The summed E-state index contributed by atoms with van der Waals surface area (Å²) in [5, 5.41) is 9.71. The molecule has 1 atom stereocenters. The van der Waals surface area contributed by atoms with E-state index in [1.54, 1.807) is 0 Å². The fraction of sp³-hybridized carbons (Fsp3) is 0.821. The van der Waals surface area contributed by atoms with Crippen LogP contribution in [0.15, 0.2) is 72.9 Å². The summed E-state index contributed by atoms with van der Waals surface area (Å²) in [6.45, 7) is 4.08. The highest BCUT2D eigenvalue weighted by Gasteiger charge is 2.16. The Hall–Kier alpha value is -2.66. The lowest BCUT2D eigenvalue weighted by Crippen LogP contribution is -2.28. The minimum atomic E-state index is -0.774. The van der Waals surface area contributed by atoms with Crippen molar-refractivity contribution in [1.29, 1.82) is 0 Å². The van der Waals surface area contributed by atoms with Crippen LogP contribution in [-0.4, -0.2) is 36.4 Å². The molecular formula is C78H142O5. The quantitative estimate of drug-likeness (QED) is 0.0373. The van der Waals surface area contributed by atoms with Gasteiger partial charge in [-0.05, 0) is 64.2 Å². The molecule has 0 fully saturated rings. The Bertz CT molecular complexity index is 1450. The first-order valence-corrected chi connectivity index (χ1v) is 37.0. The van der Waals surface area contributed by atoms with Gasteiger partial charge in [-0.1, -0.05) is 389 Å². The molecule has 1 N–H and O–H groups in total. The van der Waals surface area contributed by atoms with Crippen molar-refractivity contribution in [2.24, 2.45) is 0 Å². The van der Waals surface area contributed by atoms with Gasteiger partial charge in [0.05, 0.1) is 6.61 Å². The van der Waals surface area contributed by atoms with E-state index in [4.69, 9.17) is 9.47 Å². The van der Waals surface area contributed by atoms with Gasteiger partial charge in [0.25, 0.3) is 0 Å². The number of carbonyl (C=O) groups excluding carboxylic acids is 2. The molecule has 0 aromatic carbocycles. The van der Waals surface area contributed by atoms with Crippen molar-refractivity contribution in [3.63, 3.8) is 0 Å². The summed E-state index contributed by atoms with van der Waals surface area (Å²) in [5.74, 6) is -0.570. The maximum absolute atomic E-state index is 12.4. The number of hydrogen-bond donors (Lipinski definition) is 1. The van der Waals surface area contributed by atoms with E-state index in [9.17, 15) is 14.7 Å². The number of unbranched alkanes of at least 4 members (excludes halogenated alkanes) is 49. The molecule has 0 saturated heterocycles. The molecule has 0 aliphatic carbocycles. The van der Waals surface area contributed by atoms with Crippen LogP contribution in [0.4, 0.5) is 0 Å². The predicted molar refractivity (Wildman–Crippen MR) is 367 cm³/mol. The highest BCUT2D eigenvalue weighted by molar-refractivity contribution is 5.70. The Morgan fingerprint density at radius 1 is 0.289 bits per heavy atom. The number of esters is 2. The molecule has 5 heteroatoms. The van der Waals surface area contributed by atoms with E-state index >= 15 is 0 Å². The standard InChI is InChI=1S/C78H142O5/c1-3-5-7-9-11-13-15-17-19-21-23-25-27-29-31-33-35-37-39-41-43-45-47-49-51-53-55-57-59-61-63-65-67-69-71-73-78(81)83-76(74-79)75-82-77(80)72-70-68-66-64-62-60-58-56-54-52-50-48-46-44-42-40-38-36-34-32-30-28-26-24-22-20-18-16-14-12-10-8-6-4-2/h5,7,11,13,17,19,23,25,29,31,35,37,76,79H,3-4,6,8-10,12,14-16,18,20-22,24,26-28,30,32-34,36,38-75H2,1-2H3/b7-5-,13-11-,19-17-,25-23-,31-29-,37-35-. The summed E-state index contributed by atoms with van der Waals surface area (Å²) in [4.78, 5) is 24.7. The van der Waals surface area contributed by atoms with Crippen molar-refractivity contribution in [3.05, 3.63) is 72.9 Å². The van der Waals surface area contributed by atoms with E-state index in [-0.39, 0.29) is 25.2 Å². The first-order chi connectivity index (χ1) is 41.1. The zero-order valence-corrected chi connectivity index (χ0v) is 55.7. The number of rotatable bonds is 69. The molecule has 0 aliphatic heterocycles. The van der Waals surface area contributed by atoms with Crippen LogP contribution in [0.5, 0.6) is 0 Å². The van der Waals surface area contributed by atoms with Gasteiger partial charge in [0.1, 0.15) is 6.61 Å². The number of carbonyl (C=O) groups is 2. The predicted octanol–water partition coefficient (Wildman–Crippen LogP) is 25.8. The van der Waals surface area contributed by atoms with Crippen LogP contribution in [-0.2, 0) is 19.1 Å². The zero-order chi connectivity index (χ0) is 59.8. The van der Waals surface area contributed by atoms with Gasteiger partial charge < -0.3 is 14.6 Å². The highest BCUT2D eigenvalue weighted by atomic mass is 16.6. The van der Waals surface area contributed by atoms with Gasteiger partial charge in [0.2, 0.25) is 0 Å². The molecule has 5 nitrogen and oxygen atoms in total. The van der Waals surface area contributed by atoms with Crippen LogP contribution in [0.3, 0.4) is 0 Å². The van der Waals surface area contributed by atoms with E-state index in [1.165, 1.54) is 295 Å². The SMILES string of the molecule is CC/C=C\C/C=C\C/C=C\C/C=C\C/C=C\C/C=C\CCCCCCCCCCCCCCCCCCC(=O)OC(CO)COC(=O)CCCCCCCCCCCCCCCCCCCCCCCCCCCCCCCCCCCC. The lowest BCUT2D eigenvalue weighted by atomic mass is 10.0. The lowest BCUT2D eigenvalue weighted by molar-refractivity contribution is -0.161. The van der Waals surface area contributed by atoms with Crippen LogP contribution in [0, 0.1) is 0 Å². The third-order valence-corrected chi connectivity index (χ3v) is 16.8. The summed E-state index contributed by atoms with van der Waals surface area (Å²) in [6, 6.07) is 0. The fourth-order valence-electron chi connectivity index (χ4n) is 11.3. The molecule has 0 aromatic rings. The highest BCUT2D eigenvalue weighted by Crippen LogP contribution is 2.19. The Balaban J connectivity index is 3.40. The molecule has 0 heterocycles. The molecule has 484 valence electrons. The second kappa shape index (κ2) is 73.6. The van der Waals surface area contributed by atoms with Gasteiger partial charge in [-0.2, -0.15) is 0 Å². The monoisotopic (exact) mass is 1160 g/mol. The van der Waals surface area contributed by atoms with Crippen molar-refractivity contribution in [2.75, 3.05) is 13.2 Å². The second-order valence-corrected chi connectivity index (χ2v) is 25.0. The summed E-state index contributed by atoms with van der Waals surface area (Å²) < 4.78 is 10.8. The summed E-state index contributed by atoms with van der Waals surface area (Å²) in [6.07, 6.45) is 102. The summed E-state index contributed by atoms with van der Waals surface area (Å²) in [7, 11) is 0. The van der Waals surface area contributed by atoms with Crippen molar-refractivity contribution in [2.45, 2.75) is 399 Å². The van der Waals surface area contributed by atoms with Crippen molar-refractivity contribution in [1.82, 2.24) is 0 Å². The molecule has 0 bridgehead atoms. The normalized spacial score (nSPS) is 12.6. The van der Waals surface area contributed by atoms with Gasteiger partial charge in [-0.15, -0.1) is 0 Å². The van der Waals surface area contributed by atoms with Gasteiger partial charge >= 0.3 is 11.9 Å². The smallest absolute Gasteiger partial charge is 0.306 e. The number of hydrogen-bond acceptors (Lipinski definition) is 5. The maximum Gasteiger partial charge on any atom is 0.306 e. The molecule has 0 radical (unpaired) electrons. The first-order valence-electron chi connectivity index (χ1n) is 37.0. The van der Waals surface area contributed by atoms with E-state index in [1.807, 2.05) is 0 Å². The number of aliphatic hydroxyl groups is 1. The number of aliphatic hydroxyl groups excluding tert-OH is 1. The number of allylic oxidation sites excluding steroid dienone is 12. The van der Waals surface area contributed by atoms with Crippen LogP contribution < -0.4 is 0 Å². The van der Waals surface area contributed by atoms with Crippen LogP contribution in [0.1, 0.15) is 393 Å². The average molecular weight is 1160 g/mol. The molecule has 0 rings (SSSR count).